The van der Waals surface area contributed by atoms with Crippen LogP contribution in [0.25, 0.3) is 10.7 Å². The molecule has 0 saturated heterocycles. The summed E-state index contributed by atoms with van der Waals surface area (Å²) in [5.74, 6) is 1.29. The van der Waals surface area contributed by atoms with Gasteiger partial charge in [0.2, 0.25) is 11.7 Å². The zero-order valence-electron chi connectivity index (χ0n) is 10.2. The maximum absolute atomic E-state index is 5.27. The van der Waals surface area contributed by atoms with E-state index in [1.54, 1.807) is 16.0 Å². The summed E-state index contributed by atoms with van der Waals surface area (Å²) in [7, 11) is 1.91. The van der Waals surface area contributed by atoms with Crippen LogP contribution in [-0.2, 0) is 19.9 Å². The van der Waals surface area contributed by atoms with Crippen LogP contribution in [-0.4, -0.2) is 19.9 Å². The molecular formula is C12H11BrN4OS. The minimum atomic E-state index is 0.642. The molecule has 0 N–H and O–H groups in total. The summed E-state index contributed by atoms with van der Waals surface area (Å²) in [5, 5.41) is 10.1. The molecule has 3 aromatic heterocycles. The van der Waals surface area contributed by atoms with E-state index < -0.39 is 0 Å². The monoisotopic (exact) mass is 338 g/mol. The van der Waals surface area contributed by atoms with Crippen molar-refractivity contribution < 1.29 is 4.52 Å². The van der Waals surface area contributed by atoms with Gasteiger partial charge in [-0.05, 0) is 39.4 Å². The molecule has 7 heteroatoms. The Bertz CT molecular complexity index is 687. The molecule has 3 aromatic rings. The number of nitrogens with zero attached hydrogens (tertiary/aromatic N) is 4. The summed E-state index contributed by atoms with van der Waals surface area (Å²) in [5.41, 5.74) is 1.17. The average Bonchev–Trinajstić information content (AvgIpc) is 3.07. The molecule has 0 fully saturated rings. The third kappa shape index (κ3) is 2.76. The van der Waals surface area contributed by atoms with Crippen LogP contribution in [0.1, 0.15) is 11.5 Å². The van der Waals surface area contributed by atoms with Crippen LogP contribution in [0, 0.1) is 0 Å². The van der Waals surface area contributed by atoms with Gasteiger partial charge in [-0.15, -0.1) is 11.3 Å². The van der Waals surface area contributed by atoms with E-state index in [9.17, 15) is 0 Å². The molecule has 98 valence electrons. The normalized spacial score (nSPS) is 11.1. The predicted molar refractivity (Wildman–Crippen MR) is 75.9 cm³/mol. The van der Waals surface area contributed by atoms with E-state index in [1.807, 2.05) is 30.9 Å². The minimum Gasteiger partial charge on any atom is -0.339 e. The lowest BCUT2D eigenvalue weighted by atomic mass is 10.2. The molecule has 0 atom stereocenters. The highest BCUT2D eigenvalue weighted by Crippen LogP contribution is 2.31. The highest BCUT2D eigenvalue weighted by Gasteiger charge is 2.12. The van der Waals surface area contributed by atoms with Crippen LogP contribution in [0.15, 0.2) is 32.8 Å². The minimum absolute atomic E-state index is 0.642. The summed E-state index contributed by atoms with van der Waals surface area (Å²) in [6.45, 7) is 0. The van der Waals surface area contributed by atoms with Crippen LogP contribution < -0.4 is 0 Å². The first-order chi connectivity index (χ1) is 9.22. The molecule has 0 bridgehead atoms. The molecule has 3 rings (SSSR count). The molecule has 3 heterocycles. The van der Waals surface area contributed by atoms with E-state index in [4.69, 9.17) is 4.52 Å². The molecule has 0 radical (unpaired) electrons. The summed E-state index contributed by atoms with van der Waals surface area (Å²) >= 11 is 5.06. The van der Waals surface area contributed by atoms with Crippen LogP contribution in [0.4, 0.5) is 0 Å². The van der Waals surface area contributed by atoms with Crippen molar-refractivity contribution in [2.24, 2.45) is 7.05 Å². The van der Waals surface area contributed by atoms with E-state index in [0.29, 0.717) is 11.7 Å². The van der Waals surface area contributed by atoms with Crippen LogP contribution >= 0.6 is 27.3 Å². The van der Waals surface area contributed by atoms with Crippen LogP contribution in [0.5, 0.6) is 0 Å². The molecule has 5 nitrogen and oxygen atoms in total. The Morgan fingerprint density at radius 2 is 2.32 bits per heavy atom. The van der Waals surface area contributed by atoms with Gasteiger partial charge >= 0.3 is 0 Å². The maximum Gasteiger partial charge on any atom is 0.227 e. The van der Waals surface area contributed by atoms with E-state index in [0.717, 1.165) is 22.2 Å². The lowest BCUT2D eigenvalue weighted by Gasteiger charge is -1.91. The van der Waals surface area contributed by atoms with Gasteiger partial charge in [0.1, 0.15) is 0 Å². The van der Waals surface area contributed by atoms with E-state index in [-0.39, 0.29) is 0 Å². The average molecular weight is 339 g/mol. The van der Waals surface area contributed by atoms with Gasteiger partial charge in [-0.3, -0.25) is 4.68 Å². The van der Waals surface area contributed by atoms with Crippen molar-refractivity contribution in [3.05, 3.63) is 39.8 Å². The standard InChI is InChI=1S/C12H11BrN4OS/c1-17-7-8(6-14-17)2-3-10-15-12(16-18-10)11-9(13)4-5-19-11/h4-7H,2-3H2,1H3. The molecule has 0 saturated carbocycles. The van der Waals surface area contributed by atoms with Crippen molar-refractivity contribution in [1.82, 2.24) is 19.9 Å². The van der Waals surface area contributed by atoms with Crippen molar-refractivity contribution in [3.63, 3.8) is 0 Å². The van der Waals surface area contributed by atoms with Gasteiger partial charge in [0, 0.05) is 24.1 Å². The van der Waals surface area contributed by atoms with E-state index in [1.165, 1.54) is 5.56 Å². The fraction of sp³-hybridized carbons (Fsp3) is 0.250. The summed E-state index contributed by atoms with van der Waals surface area (Å²) < 4.78 is 8.06. The van der Waals surface area contributed by atoms with Gasteiger partial charge in [0.25, 0.3) is 0 Å². The zero-order valence-corrected chi connectivity index (χ0v) is 12.6. The van der Waals surface area contributed by atoms with Crippen molar-refractivity contribution in [1.29, 1.82) is 0 Å². The van der Waals surface area contributed by atoms with Gasteiger partial charge < -0.3 is 4.52 Å². The number of aromatic nitrogens is 4. The third-order valence-electron chi connectivity index (χ3n) is 2.67. The lowest BCUT2D eigenvalue weighted by molar-refractivity contribution is 0.379. The summed E-state index contributed by atoms with van der Waals surface area (Å²) in [6, 6.07) is 1.98. The lowest BCUT2D eigenvalue weighted by Crippen LogP contribution is -1.90. The van der Waals surface area contributed by atoms with Crippen molar-refractivity contribution in [2.75, 3.05) is 0 Å². The summed E-state index contributed by atoms with van der Waals surface area (Å²) in [4.78, 5) is 5.41. The number of thiophene rings is 1. The number of aryl methyl sites for hydroxylation is 3. The Balaban J connectivity index is 1.70. The van der Waals surface area contributed by atoms with Gasteiger partial charge in [-0.1, -0.05) is 5.16 Å². The van der Waals surface area contributed by atoms with E-state index >= 15 is 0 Å². The molecule has 0 aromatic carbocycles. The van der Waals surface area contributed by atoms with Crippen LogP contribution in [0.2, 0.25) is 0 Å². The second kappa shape index (κ2) is 5.26. The second-order valence-electron chi connectivity index (χ2n) is 4.13. The highest BCUT2D eigenvalue weighted by molar-refractivity contribution is 9.10. The summed E-state index contributed by atoms with van der Waals surface area (Å²) in [6.07, 6.45) is 5.42. The zero-order chi connectivity index (χ0) is 13.2. The molecule has 0 spiro atoms. The van der Waals surface area contributed by atoms with Gasteiger partial charge in [-0.2, -0.15) is 10.1 Å². The van der Waals surface area contributed by atoms with Gasteiger partial charge in [0.15, 0.2) is 0 Å². The first-order valence-electron chi connectivity index (χ1n) is 5.76. The van der Waals surface area contributed by atoms with Crippen molar-refractivity contribution in [3.8, 4) is 10.7 Å². The fourth-order valence-electron chi connectivity index (χ4n) is 1.75. The number of hydrogen-bond donors (Lipinski definition) is 0. The van der Waals surface area contributed by atoms with Crippen LogP contribution in [0.3, 0.4) is 0 Å². The Labute approximate surface area is 122 Å². The number of rotatable bonds is 4. The Morgan fingerprint density at radius 1 is 1.42 bits per heavy atom. The molecular weight excluding hydrogens is 328 g/mol. The fourth-order valence-corrected chi connectivity index (χ4v) is 3.23. The number of halogens is 1. The first-order valence-corrected chi connectivity index (χ1v) is 7.43. The quantitative estimate of drug-likeness (QED) is 0.733. The van der Waals surface area contributed by atoms with Crippen molar-refractivity contribution in [2.45, 2.75) is 12.8 Å². The van der Waals surface area contributed by atoms with Crippen molar-refractivity contribution >= 4 is 27.3 Å². The Hall–Kier alpha value is -1.47. The predicted octanol–water partition coefficient (Wildman–Crippen LogP) is 3.08. The number of hydrogen-bond acceptors (Lipinski definition) is 5. The maximum atomic E-state index is 5.27. The molecule has 0 aliphatic heterocycles. The molecule has 0 unspecified atom stereocenters. The smallest absolute Gasteiger partial charge is 0.227 e. The topological polar surface area (TPSA) is 56.7 Å². The Kier molecular flexibility index (Phi) is 3.48. The second-order valence-corrected chi connectivity index (χ2v) is 5.90. The molecule has 0 aliphatic carbocycles. The van der Waals surface area contributed by atoms with Gasteiger partial charge in [-0.25, -0.2) is 0 Å². The molecule has 0 aliphatic rings. The Morgan fingerprint density at radius 3 is 3.00 bits per heavy atom. The molecule has 19 heavy (non-hydrogen) atoms. The highest BCUT2D eigenvalue weighted by atomic mass is 79.9. The SMILES string of the molecule is Cn1cc(CCc2nc(-c3sccc3Br)no2)cn1. The van der Waals surface area contributed by atoms with Gasteiger partial charge in [0.05, 0.1) is 11.1 Å². The largest absolute Gasteiger partial charge is 0.339 e. The molecule has 0 amide bonds. The van der Waals surface area contributed by atoms with E-state index in [2.05, 4.69) is 31.2 Å². The third-order valence-corrected chi connectivity index (χ3v) is 4.51. The first kappa shape index (κ1) is 12.6.